The van der Waals surface area contributed by atoms with E-state index in [9.17, 15) is 0 Å². The predicted molar refractivity (Wildman–Crippen MR) is 151 cm³/mol. The zero-order valence-electron chi connectivity index (χ0n) is 21.8. The maximum Gasteiger partial charge on any atom is 0.120 e. The molecule has 2 aliphatic rings. The fourth-order valence-electron chi connectivity index (χ4n) is 5.41. The molecule has 3 aromatic rings. The molecule has 5 rings (SSSR count). The van der Waals surface area contributed by atoms with Crippen molar-refractivity contribution in [2.45, 2.75) is 58.8 Å². The Morgan fingerprint density at radius 2 is 1.43 bits per heavy atom. The highest BCUT2D eigenvalue weighted by Crippen LogP contribution is 2.30. The van der Waals surface area contributed by atoms with Crippen molar-refractivity contribution in [3.63, 3.8) is 0 Å². The molecule has 1 aromatic carbocycles. The molecule has 0 atom stereocenters. The van der Waals surface area contributed by atoms with Gasteiger partial charge in [0.25, 0.3) is 0 Å². The number of nitrogens with zero attached hydrogens (tertiary/aromatic N) is 4. The molecule has 190 valence electrons. The molecular formula is C31H34N4O2. The van der Waals surface area contributed by atoms with Gasteiger partial charge < -0.3 is 9.68 Å². The molecule has 2 aromatic heterocycles. The Bertz CT molecular complexity index is 1420. The molecule has 0 N–H and O–H groups in total. The number of aryl methyl sites for hydroxylation is 1. The van der Waals surface area contributed by atoms with Gasteiger partial charge in [-0.15, -0.1) is 0 Å². The number of oxime groups is 2. The van der Waals surface area contributed by atoms with Crippen LogP contribution in [0.4, 0.5) is 0 Å². The predicted octanol–water partition coefficient (Wildman–Crippen LogP) is 6.74. The second-order valence-electron chi connectivity index (χ2n) is 9.66. The highest BCUT2D eigenvalue weighted by Gasteiger charge is 2.23. The number of benzene rings is 1. The van der Waals surface area contributed by atoms with E-state index in [2.05, 4.69) is 55.5 Å². The minimum absolute atomic E-state index is 0.459. The van der Waals surface area contributed by atoms with Crippen LogP contribution in [0.5, 0.6) is 0 Å². The first-order valence-corrected chi connectivity index (χ1v) is 13.2. The molecule has 0 aliphatic heterocycles. The molecule has 6 nitrogen and oxygen atoms in total. The van der Waals surface area contributed by atoms with E-state index in [0.29, 0.717) is 19.6 Å². The Morgan fingerprint density at radius 1 is 0.811 bits per heavy atom. The quantitative estimate of drug-likeness (QED) is 0.257. The van der Waals surface area contributed by atoms with Gasteiger partial charge in [-0.05, 0) is 86.8 Å². The van der Waals surface area contributed by atoms with Crippen molar-refractivity contribution < 1.29 is 9.68 Å². The fraction of sp³-hybridized carbons (Fsp3) is 0.355. The van der Waals surface area contributed by atoms with Gasteiger partial charge in [0.1, 0.15) is 24.6 Å². The van der Waals surface area contributed by atoms with Crippen molar-refractivity contribution in [1.82, 2.24) is 9.97 Å². The summed E-state index contributed by atoms with van der Waals surface area (Å²) in [6, 6.07) is 8.30. The zero-order valence-corrected chi connectivity index (χ0v) is 21.8. The standard InChI is InChI=1S/C31H34N4O2/c1-5-22-20(3)24-13-9-16-28(30(24)32-26(22)6-2)34-36-18-11-19-37-35-29-17-10-14-25-21(4)23-12-7-8-15-27(23)33-31(25)29/h5-8,12,15H,1-2,9-11,13-14,16-19H2,3-4H3/b34-28+,35-29+. The average Bonchev–Trinajstić information content (AvgIpc) is 2.93. The van der Waals surface area contributed by atoms with Crippen LogP contribution >= 0.6 is 0 Å². The molecule has 2 aliphatic carbocycles. The van der Waals surface area contributed by atoms with E-state index in [4.69, 9.17) is 19.6 Å². The number of rotatable bonds is 8. The molecule has 0 spiro atoms. The van der Waals surface area contributed by atoms with Crippen LogP contribution in [0.1, 0.15) is 77.0 Å². The summed E-state index contributed by atoms with van der Waals surface area (Å²) >= 11 is 0. The normalized spacial score (nSPS) is 16.9. The largest absolute Gasteiger partial charge is 0.395 e. The SMILES string of the molecule is C=Cc1nc2c(c(C)c1C=C)CCC/C2=N\OCCCO/N=C1\CCCc2c1nc1ccccc1c2C. The monoisotopic (exact) mass is 494 g/mol. The Morgan fingerprint density at radius 3 is 2.08 bits per heavy atom. The van der Waals surface area contributed by atoms with Crippen molar-refractivity contribution in [2.75, 3.05) is 13.2 Å². The minimum Gasteiger partial charge on any atom is -0.395 e. The van der Waals surface area contributed by atoms with Gasteiger partial charge >= 0.3 is 0 Å². The summed E-state index contributed by atoms with van der Waals surface area (Å²) in [7, 11) is 0. The number of pyridine rings is 2. The van der Waals surface area contributed by atoms with Crippen LogP contribution < -0.4 is 0 Å². The third-order valence-corrected chi connectivity index (χ3v) is 7.38. The van der Waals surface area contributed by atoms with Crippen molar-refractivity contribution in [1.29, 1.82) is 0 Å². The topological polar surface area (TPSA) is 69.0 Å². The first-order valence-electron chi connectivity index (χ1n) is 13.2. The van der Waals surface area contributed by atoms with E-state index in [1.54, 1.807) is 6.08 Å². The molecule has 0 unspecified atom stereocenters. The van der Waals surface area contributed by atoms with Gasteiger partial charge in [0.15, 0.2) is 0 Å². The number of para-hydroxylation sites is 1. The van der Waals surface area contributed by atoms with E-state index in [0.717, 1.165) is 78.1 Å². The van der Waals surface area contributed by atoms with Gasteiger partial charge in [0.2, 0.25) is 0 Å². The highest BCUT2D eigenvalue weighted by atomic mass is 16.6. The van der Waals surface area contributed by atoms with E-state index >= 15 is 0 Å². The summed E-state index contributed by atoms with van der Waals surface area (Å²) in [5.74, 6) is 0. The first kappa shape index (κ1) is 24.9. The fourth-order valence-corrected chi connectivity index (χ4v) is 5.41. The van der Waals surface area contributed by atoms with Crippen LogP contribution in [0.25, 0.3) is 23.1 Å². The summed E-state index contributed by atoms with van der Waals surface area (Å²) in [5, 5.41) is 10.1. The van der Waals surface area contributed by atoms with Crippen molar-refractivity contribution >= 4 is 34.5 Å². The molecule has 0 bridgehead atoms. The number of aromatic nitrogens is 2. The smallest absolute Gasteiger partial charge is 0.120 e. The number of hydrogen-bond acceptors (Lipinski definition) is 6. The highest BCUT2D eigenvalue weighted by molar-refractivity contribution is 6.03. The van der Waals surface area contributed by atoms with E-state index in [1.165, 1.54) is 27.6 Å². The van der Waals surface area contributed by atoms with Crippen LogP contribution in [0, 0.1) is 13.8 Å². The van der Waals surface area contributed by atoms with Gasteiger partial charge in [0.05, 0.1) is 22.6 Å². The van der Waals surface area contributed by atoms with Crippen molar-refractivity contribution in [3.8, 4) is 0 Å². The molecule has 0 saturated carbocycles. The summed E-state index contributed by atoms with van der Waals surface area (Å²) < 4.78 is 0. The van der Waals surface area contributed by atoms with Gasteiger partial charge in [0, 0.05) is 17.4 Å². The summed E-state index contributed by atoms with van der Waals surface area (Å²) in [6.07, 6.45) is 10.2. The molecule has 0 fully saturated rings. The Kier molecular flexibility index (Phi) is 7.45. The molecule has 6 heteroatoms. The Balaban J connectivity index is 1.20. The maximum absolute atomic E-state index is 5.69. The van der Waals surface area contributed by atoms with Crippen LogP contribution in [0.15, 0.2) is 47.7 Å². The third kappa shape index (κ3) is 4.93. The van der Waals surface area contributed by atoms with Crippen LogP contribution in [0.2, 0.25) is 0 Å². The molecule has 0 saturated heterocycles. The maximum atomic E-state index is 5.69. The average molecular weight is 495 g/mol. The molecule has 0 amide bonds. The van der Waals surface area contributed by atoms with Crippen LogP contribution in [-0.4, -0.2) is 34.6 Å². The van der Waals surface area contributed by atoms with Gasteiger partial charge in [-0.2, -0.15) is 0 Å². The van der Waals surface area contributed by atoms with Crippen LogP contribution in [0.3, 0.4) is 0 Å². The van der Waals surface area contributed by atoms with E-state index in [1.807, 2.05) is 12.1 Å². The van der Waals surface area contributed by atoms with Gasteiger partial charge in [-0.1, -0.05) is 47.7 Å². The van der Waals surface area contributed by atoms with Crippen molar-refractivity contribution in [2.24, 2.45) is 10.3 Å². The zero-order chi connectivity index (χ0) is 25.8. The second kappa shape index (κ2) is 11.1. The molecule has 2 heterocycles. The lowest BCUT2D eigenvalue weighted by Crippen LogP contribution is -2.18. The van der Waals surface area contributed by atoms with Crippen molar-refractivity contribution in [3.05, 3.63) is 82.3 Å². The third-order valence-electron chi connectivity index (χ3n) is 7.38. The molecule has 0 radical (unpaired) electrons. The summed E-state index contributed by atoms with van der Waals surface area (Å²) in [5.41, 5.74) is 11.7. The summed E-state index contributed by atoms with van der Waals surface area (Å²) in [4.78, 5) is 21.1. The Labute approximate surface area is 218 Å². The number of hydrogen-bond donors (Lipinski definition) is 0. The van der Waals surface area contributed by atoms with Gasteiger partial charge in [-0.3, -0.25) is 0 Å². The minimum atomic E-state index is 0.459. The lowest BCUT2D eigenvalue weighted by Gasteiger charge is -2.21. The van der Waals surface area contributed by atoms with E-state index in [-0.39, 0.29) is 0 Å². The van der Waals surface area contributed by atoms with Gasteiger partial charge in [-0.25, -0.2) is 9.97 Å². The molecule has 37 heavy (non-hydrogen) atoms. The lowest BCUT2D eigenvalue weighted by atomic mass is 9.88. The first-order chi connectivity index (χ1) is 18.1. The number of fused-ring (bicyclic) bond motifs is 3. The van der Waals surface area contributed by atoms with Crippen LogP contribution in [-0.2, 0) is 22.5 Å². The summed E-state index contributed by atoms with van der Waals surface area (Å²) in [6.45, 7) is 13.1. The molecular weight excluding hydrogens is 460 g/mol. The second-order valence-corrected chi connectivity index (χ2v) is 9.66. The Hall–Kier alpha value is -3.80. The lowest BCUT2D eigenvalue weighted by molar-refractivity contribution is 0.0894. The van der Waals surface area contributed by atoms with E-state index < -0.39 is 0 Å².